The third-order valence-corrected chi connectivity index (χ3v) is 7.41. The summed E-state index contributed by atoms with van der Waals surface area (Å²) in [4.78, 5) is 20.8. The summed E-state index contributed by atoms with van der Waals surface area (Å²) in [6.45, 7) is 5.59. The molecule has 5 rings (SSSR count). The van der Waals surface area contributed by atoms with Crippen LogP contribution in [0.4, 0.5) is 5.69 Å². The number of halogens is 2. The summed E-state index contributed by atoms with van der Waals surface area (Å²) in [6, 6.07) is 19.9. The molecule has 176 valence electrons. The summed E-state index contributed by atoms with van der Waals surface area (Å²) in [5.74, 6) is -0.0208. The van der Waals surface area contributed by atoms with Gasteiger partial charge in [-0.25, -0.2) is 0 Å². The second kappa shape index (κ2) is 10.3. The summed E-state index contributed by atoms with van der Waals surface area (Å²) >= 11 is 12.5. The average molecular weight is 495 g/mol. The van der Waals surface area contributed by atoms with Crippen molar-refractivity contribution in [3.05, 3.63) is 76.3 Å². The van der Waals surface area contributed by atoms with Crippen molar-refractivity contribution in [2.24, 2.45) is 0 Å². The topological polar surface area (TPSA) is 51.4 Å². The van der Waals surface area contributed by atoms with Crippen molar-refractivity contribution in [1.29, 1.82) is 0 Å². The first-order chi connectivity index (χ1) is 16.6. The SMILES string of the molecule is O=C(NCCCCN1CCN(c2cccc(Cl)c2Cl)CC1)c1ccc2c(c1)[nH]c1ccccc12. The Bertz CT molecular complexity index is 1310. The molecule has 4 aromatic rings. The lowest BCUT2D eigenvalue weighted by Gasteiger charge is -2.36. The molecule has 0 unspecified atom stereocenters. The Morgan fingerprint density at radius 1 is 0.882 bits per heavy atom. The number of carbonyl (C=O) groups is 1. The molecule has 1 amide bonds. The largest absolute Gasteiger partial charge is 0.368 e. The van der Waals surface area contributed by atoms with Gasteiger partial charge in [0.2, 0.25) is 0 Å². The molecule has 0 atom stereocenters. The molecule has 3 aromatic carbocycles. The highest BCUT2D eigenvalue weighted by Gasteiger charge is 2.19. The molecule has 1 aromatic heterocycles. The van der Waals surface area contributed by atoms with E-state index < -0.39 is 0 Å². The Hall–Kier alpha value is -2.73. The van der Waals surface area contributed by atoms with Crippen LogP contribution in [0.25, 0.3) is 21.8 Å². The first kappa shape index (κ1) is 23.0. The number of para-hydroxylation sites is 1. The van der Waals surface area contributed by atoms with Crippen molar-refractivity contribution >= 4 is 56.6 Å². The predicted molar refractivity (Wildman–Crippen MR) is 142 cm³/mol. The second-order valence-electron chi connectivity index (χ2n) is 8.80. The minimum Gasteiger partial charge on any atom is -0.368 e. The molecule has 34 heavy (non-hydrogen) atoms. The normalized spacial score (nSPS) is 14.7. The van der Waals surface area contributed by atoms with Crippen LogP contribution in [0.3, 0.4) is 0 Å². The van der Waals surface area contributed by atoms with Gasteiger partial charge in [-0.05, 0) is 49.7 Å². The number of carbonyl (C=O) groups excluding carboxylic acids is 1. The minimum atomic E-state index is -0.0208. The highest BCUT2D eigenvalue weighted by molar-refractivity contribution is 6.43. The number of hydrogen-bond acceptors (Lipinski definition) is 3. The van der Waals surface area contributed by atoms with E-state index >= 15 is 0 Å². The lowest BCUT2D eigenvalue weighted by atomic mass is 10.1. The van der Waals surface area contributed by atoms with Crippen molar-refractivity contribution in [2.45, 2.75) is 12.8 Å². The number of aromatic nitrogens is 1. The van der Waals surface area contributed by atoms with Gasteiger partial charge in [0.15, 0.2) is 0 Å². The zero-order chi connectivity index (χ0) is 23.5. The Kier molecular flexibility index (Phi) is 6.95. The summed E-state index contributed by atoms with van der Waals surface area (Å²) in [5.41, 5.74) is 3.79. The molecular weight excluding hydrogens is 467 g/mol. The van der Waals surface area contributed by atoms with Crippen molar-refractivity contribution in [1.82, 2.24) is 15.2 Å². The lowest BCUT2D eigenvalue weighted by molar-refractivity contribution is 0.0952. The number of benzene rings is 3. The minimum absolute atomic E-state index is 0.0208. The highest BCUT2D eigenvalue weighted by Crippen LogP contribution is 2.33. The zero-order valence-corrected chi connectivity index (χ0v) is 20.5. The summed E-state index contributed by atoms with van der Waals surface area (Å²) in [6.07, 6.45) is 2.01. The predicted octanol–water partition coefficient (Wildman–Crippen LogP) is 5.96. The van der Waals surface area contributed by atoms with E-state index in [1.807, 2.05) is 48.5 Å². The Morgan fingerprint density at radius 2 is 1.68 bits per heavy atom. The number of nitrogens with one attached hydrogen (secondary N) is 2. The summed E-state index contributed by atoms with van der Waals surface area (Å²) in [7, 11) is 0. The van der Waals surface area contributed by atoms with Gasteiger partial charge in [0.1, 0.15) is 0 Å². The molecular formula is C27H28Cl2N4O. The smallest absolute Gasteiger partial charge is 0.251 e. The van der Waals surface area contributed by atoms with Gasteiger partial charge in [0.05, 0.1) is 15.7 Å². The van der Waals surface area contributed by atoms with Crippen LogP contribution in [0.15, 0.2) is 60.7 Å². The van der Waals surface area contributed by atoms with E-state index in [1.165, 1.54) is 5.39 Å². The molecule has 5 nitrogen and oxygen atoms in total. The van der Waals surface area contributed by atoms with Crippen molar-refractivity contribution < 1.29 is 4.79 Å². The highest BCUT2D eigenvalue weighted by atomic mass is 35.5. The number of hydrogen-bond donors (Lipinski definition) is 2. The fourth-order valence-electron chi connectivity index (χ4n) is 4.71. The molecule has 0 saturated carbocycles. The monoisotopic (exact) mass is 494 g/mol. The van der Waals surface area contributed by atoms with E-state index in [4.69, 9.17) is 23.2 Å². The first-order valence-corrected chi connectivity index (χ1v) is 12.6. The van der Waals surface area contributed by atoms with Crippen molar-refractivity contribution in [3.63, 3.8) is 0 Å². The van der Waals surface area contributed by atoms with Gasteiger partial charge < -0.3 is 15.2 Å². The van der Waals surface area contributed by atoms with Crippen LogP contribution in [0.5, 0.6) is 0 Å². The third kappa shape index (κ3) is 4.88. The first-order valence-electron chi connectivity index (χ1n) is 11.8. The Labute approximate surface area is 209 Å². The van der Waals surface area contributed by atoms with Gasteiger partial charge in [0, 0.05) is 60.1 Å². The van der Waals surface area contributed by atoms with Gasteiger partial charge in [-0.2, -0.15) is 0 Å². The fraction of sp³-hybridized carbons (Fsp3) is 0.296. The van der Waals surface area contributed by atoms with Crippen molar-refractivity contribution in [3.8, 4) is 0 Å². The zero-order valence-electron chi connectivity index (χ0n) is 19.0. The van der Waals surface area contributed by atoms with Gasteiger partial charge in [0.25, 0.3) is 5.91 Å². The Balaban J connectivity index is 1.05. The molecule has 1 saturated heterocycles. The molecule has 2 N–H and O–H groups in total. The molecule has 1 aliphatic rings. The van der Waals surface area contributed by atoms with Crippen LogP contribution >= 0.6 is 23.2 Å². The number of nitrogens with zero attached hydrogens (tertiary/aromatic N) is 2. The number of anilines is 1. The van der Waals surface area contributed by atoms with Crippen LogP contribution in [-0.4, -0.2) is 55.1 Å². The van der Waals surface area contributed by atoms with Crippen LogP contribution < -0.4 is 10.2 Å². The maximum atomic E-state index is 12.6. The number of rotatable bonds is 7. The van der Waals surface area contributed by atoms with Crippen LogP contribution in [-0.2, 0) is 0 Å². The molecule has 0 spiro atoms. The van der Waals surface area contributed by atoms with E-state index in [0.717, 1.165) is 67.7 Å². The van der Waals surface area contributed by atoms with Crippen LogP contribution in [0, 0.1) is 0 Å². The number of amides is 1. The number of aromatic amines is 1. The maximum Gasteiger partial charge on any atom is 0.251 e. The van der Waals surface area contributed by atoms with Crippen molar-refractivity contribution in [2.75, 3.05) is 44.2 Å². The second-order valence-corrected chi connectivity index (χ2v) is 9.58. The molecule has 0 radical (unpaired) electrons. The molecule has 0 aliphatic carbocycles. The third-order valence-electron chi connectivity index (χ3n) is 6.60. The molecule has 1 aliphatic heterocycles. The number of fused-ring (bicyclic) bond motifs is 3. The van der Waals surface area contributed by atoms with E-state index in [-0.39, 0.29) is 5.91 Å². The standard InChI is InChI=1S/C27H28Cl2N4O/c28-22-7-5-9-25(26(22)29)33-16-14-32(15-17-33)13-4-3-12-30-27(34)19-10-11-21-20-6-1-2-8-23(20)31-24(21)18-19/h1-2,5-11,18,31H,3-4,12-17H2,(H,30,34). The summed E-state index contributed by atoms with van der Waals surface area (Å²) in [5, 5.41) is 6.63. The van der Waals surface area contributed by atoms with Gasteiger partial charge in [-0.3, -0.25) is 9.69 Å². The van der Waals surface area contributed by atoms with Gasteiger partial charge >= 0.3 is 0 Å². The fourth-order valence-corrected chi connectivity index (χ4v) is 5.12. The Morgan fingerprint density at radius 3 is 2.53 bits per heavy atom. The van der Waals surface area contributed by atoms with E-state index in [1.54, 1.807) is 0 Å². The van der Waals surface area contributed by atoms with E-state index in [9.17, 15) is 4.79 Å². The van der Waals surface area contributed by atoms with E-state index in [0.29, 0.717) is 22.2 Å². The van der Waals surface area contributed by atoms with Crippen LogP contribution in [0.1, 0.15) is 23.2 Å². The maximum absolute atomic E-state index is 12.6. The molecule has 2 heterocycles. The average Bonchev–Trinajstić information content (AvgIpc) is 3.24. The van der Waals surface area contributed by atoms with Gasteiger partial charge in [-0.1, -0.05) is 53.5 Å². The van der Waals surface area contributed by atoms with Gasteiger partial charge in [-0.15, -0.1) is 0 Å². The molecule has 7 heteroatoms. The summed E-state index contributed by atoms with van der Waals surface area (Å²) < 4.78 is 0. The molecule has 0 bridgehead atoms. The lowest BCUT2D eigenvalue weighted by Crippen LogP contribution is -2.46. The number of piperazine rings is 1. The van der Waals surface area contributed by atoms with E-state index in [2.05, 4.69) is 32.2 Å². The number of unbranched alkanes of at least 4 members (excludes halogenated alkanes) is 1. The van der Waals surface area contributed by atoms with Crippen LogP contribution in [0.2, 0.25) is 10.0 Å². The number of H-pyrrole nitrogens is 1. The quantitative estimate of drug-likeness (QED) is 0.311. The molecule has 1 fully saturated rings.